The van der Waals surface area contributed by atoms with Crippen LogP contribution in [0.3, 0.4) is 0 Å². The van der Waals surface area contributed by atoms with E-state index in [-0.39, 0.29) is 10.8 Å². The molecule has 0 unspecified atom stereocenters. The Hall–Kier alpha value is -3.10. The average Bonchev–Trinajstić information content (AvgIpc) is 2.63. The Morgan fingerprint density at radius 2 is 1.81 bits per heavy atom. The fraction of sp³-hybridized carbons (Fsp3) is 0. The van der Waals surface area contributed by atoms with E-state index in [9.17, 15) is 19.3 Å². The van der Waals surface area contributed by atoms with Crippen molar-refractivity contribution >= 4 is 57.0 Å². The number of hydrogen-bond donors (Lipinski definition) is 2. The van der Waals surface area contributed by atoms with E-state index in [0.717, 1.165) is 17.5 Å². The van der Waals surface area contributed by atoms with Crippen LogP contribution < -0.4 is 10.6 Å². The van der Waals surface area contributed by atoms with E-state index in [4.69, 9.17) is 23.8 Å². The molecule has 6 nitrogen and oxygen atoms in total. The summed E-state index contributed by atoms with van der Waals surface area (Å²) in [5.74, 6) is -1.44. The van der Waals surface area contributed by atoms with Crippen molar-refractivity contribution in [1.82, 2.24) is 5.32 Å². The second-order valence-corrected chi connectivity index (χ2v) is 6.29. The third kappa shape index (κ3) is 4.02. The molecular formula is C18H11ClFN3O3S. The van der Waals surface area contributed by atoms with E-state index in [2.05, 4.69) is 10.6 Å². The van der Waals surface area contributed by atoms with Crippen LogP contribution >= 0.6 is 23.8 Å². The lowest BCUT2D eigenvalue weighted by atomic mass is 10.0. The van der Waals surface area contributed by atoms with E-state index in [1.54, 1.807) is 36.4 Å². The zero-order valence-corrected chi connectivity index (χ0v) is 15.1. The number of rotatable bonds is 3. The topological polar surface area (TPSA) is 84.3 Å². The van der Waals surface area contributed by atoms with Crippen molar-refractivity contribution in [3.05, 3.63) is 81.1 Å². The highest BCUT2D eigenvalue weighted by molar-refractivity contribution is 7.80. The van der Waals surface area contributed by atoms with Gasteiger partial charge in [-0.1, -0.05) is 35.9 Å². The first-order valence-corrected chi connectivity index (χ1v) is 8.39. The molecule has 0 aromatic heterocycles. The van der Waals surface area contributed by atoms with E-state index in [1.165, 1.54) is 6.07 Å². The number of carbonyl (C=O) groups is 1. The first kappa shape index (κ1) is 18.7. The van der Waals surface area contributed by atoms with Crippen LogP contribution in [-0.4, -0.2) is 15.9 Å². The van der Waals surface area contributed by atoms with Gasteiger partial charge in [0.15, 0.2) is 5.11 Å². The largest absolute Gasteiger partial charge is 0.332 e. The molecule has 0 aliphatic heterocycles. The van der Waals surface area contributed by atoms with Crippen molar-refractivity contribution in [2.24, 2.45) is 0 Å². The Bertz CT molecular complexity index is 1090. The normalized spacial score (nSPS) is 10.4. The van der Waals surface area contributed by atoms with Gasteiger partial charge in [0.05, 0.1) is 4.92 Å². The van der Waals surface area contributed by atoms with Crippen LogP contribution in [0.1, 0.15) is 10.4 Å². The molecule has 0 aliphatic rings. The number of carbonyl (C=O) groups excluding carboxylic acids is 1. The van der Waals surface area contributed by atoms with Crippen molar-refractivity contribution in [1.29, 1.82) is 0 Å². The standard InChI is InChI=1S/C18H11ClFN3O3S/c19-14-6-2-3-11-12(14)4-1-5-13(11)17(24)22-18(27)21-10-7-8-15(20)16(9-10)23(25)26/h1-9H,(H2,21,22,24,27). The minimum atomic E-state index is -0.965. The molecule has 27 heavy (non-hydrogen) atoms. The quantitative estimate of drug-likeness (QED) is 0.377. The van der Waals surface area contributed by atoms with Gasteiger partial charge in [-0.25, -0.2) is 0 Å². The first-order chi connectivity index (χ1) is 12.9. The highest BCUT2D eigenvalue weighted by Gasteiger charge is 2.16. The molecule has 0 fully saturated rings. The smallest absolute Gasteiger partial charge is 0.306 e. The summed E-state index contributed by atoms with van der Waals surface area (Å²) in [6.07, 6.45) is 0. The Kier molecular flexibility index (Phi) is 5.29. The maximum absolute atomic E-state index is 13.4. The molecule has 9 heteroatoms. The van der Waals surface area contributed by atoms with Crippen LogP contribution in [0, 0.1) is 15.9 Å². The molecule has 3 rings (SSSR count). The molecule has 2 N–H and O–H groups in total. The second kappa shape index (κ2) is 7.65. The number of benzene rings is 3. The summed E-state index contributed by atoms with van der Waals surface area (Å²) in [5, 5.41) is 17.7. The number of fused-ring (bicyclic) bond motifs is 1. The zero-order valence-electron chi connectivity index (χ0n) is 13.5. The highest BCUT2D eigenvalue weighted by Crippen LogP contribution is 2.26. The number of thiocarbonyl (C=S) groups is 1. The van der Waals surface area contributed by atoms with Crippen molar-refractivity contribution in [3.8, 4) is 0 Å². The van der Waals surface area contributed by atoms with Crippen molar-refractivity contribution in [2.45, 2.75) is 0 Å². The molecule has 0 bridgehead atoms. The molecular weight excluding hydrogens is 393 g/mol. The van der Waals surface area contributed by atoms with Crippen molar-refractivity contribution in [2.75, 3.05) is 5.32 Å². The summed E-state index contributed by atoms with van der Waals surface area (Å²) in [6.45, 7) is 0. The van der Waals surface area contributed by atoms with Crippen LogP contribution in [-0.2, 0) is 0 Å². The lowest BCUT2D eigenvalue weighted by molar-refractivity contribution is -0.387. The Labute approximate surface area is 163 Å². The number of nitro groups is 1. The van der Waals surface area contributed by atoms with Crippen LogP contribution in [0.2, 0.25) is 5.02 Å². The maximum Gasteiger partial charge on any atom is 0.306 e. The second-order valence-electron chi connectivity index (χ2n) is 5.47. The number of nitro benzene ring substituents is 1. The number of hydrogen-bond acceptors (Lipinski definition) is 4. The van der Waals surface area contributed by atoms with Gasteiger partial charge in [-0.15, -0.1) is 0 Å². The van der Waals surface area contributed by atoms with Crippen molar-refractivity contribution in [3.63, 3.8) is 0 Å². The van der Waals surface area contributed by atoms with Gasteiger partial charge in [0.1, 0.15) is 0 Å². The number of halogens is 2. The van der Waals surface area contributed by atoms with E-state index in [1.807, 2.05) is 0 Å². The lowest BCUT2D eigenvalue weighted by Gasteiger charge is -2.11. The molecule has 0 radical (unpaired) electrons. The number of nitrogens with one attached hydrogen (secondary N) is 2. The van der Waals surface area contributed by atoms with Gasteiger partial charge in [0.2, 0.25) is 5.82 Å². The third-order valence-electron chi connectivity index (χ3n) is 3.74. The number of nitrogens with zero attached hydrogens (tertiary/aromatic N) is 1. The minimum absolute atomic E-state index is 0.0834. The van der Waals surface area contributed by atoms with Crippen LogP contribution in [0.4, 0.5) is 15.8 Å². The molecule has 0 heterocycles. The summed E-state index contributed by atoms with van der Waals surface area (Å²) >= 11 is 11.2. The molecule has 1 amide bonds. The van der Waals surface area contributed by atoms with E-state index in [0.29, 0.717) is 16.0 Å². The summed E-state index contributed by atoms with van der Waals surface area (Å²) in [5.41, 5.74) is -0.156. The lowest BCUT2D eigenvalue weighted by Crippen LogP contribution is -2.34. The van der Waals surface area contributed by atoms with Gasteiger partial charge in [-0.05, 0) is 41.9 Å². The molecule has 0 atom stereocenters. The van der Waals surface area contributed by atoms with Crippen molar-refractivity contribution < 1.29 is 14.1 Å². The van der Waals surface area contributed by atoms with Crippen LogP contribution in [0.25, 0.3) is 10.8 Å². The summed E-state index contributed by atoms with van der Waals surface area (Å²) in [7, 11) is 0. The van der Waals surface area contributed by atoms with Gasteiger partial charge >= 0.3 is 5.69 Å². The predicted octanol–water partition coefficient (Wildman–Crippen LogP) is 4.67. The van der Waals surface area contributed by atoms with Gasteiger partial charge in [0.25, 0.3) is 5.91 Å². The van der Waals surface area contributed by atoms with Gasteiger partial charge < -0.3 is 5.32 Å². The SMILES string of the molecule is O=C(NC(=S)Nc1ccc(F)c([N+](=O)[O-])c1)c1cccc2c(Cl)cccc12. The van der Waals surface area contributed by atoms with Crippen LogP contribution in [0.15, 0.2) is 54.6 Å². The molecule has 0 saturated heterocycles. The fourth-order valence-electron chi connectivity index (χ4n) is 2.53. The Balaban J connectivity index is 1.79. The number of anilines is 1. The van der Waals surface area contributed by atoms with Gasteiger partial charge in [-0.3, -0.25) is 20.2 Å². The number of amides is 1. The first-order valence-electron chi connectivity index (χ1n) is 7.60. The molecule has 3 aromatic carbocycles. The fourth-order valence-corrected chi connectivity index (χ4v) is 2.98. The van der Waals surface area contributed by atoms with Gasteiger partial charge in [0, 0.05) is 27.7 Å². The molecule has 0 saturated carbocycles. The monoisotopic (exact) mass is 403 g/mol. The summed E-state index contributed by atoms with van der Waals surface area (Å²) < 4.78 is 13.4. The molecule has 0 spiro atoms. The molecule has 0 aliphatic carbocycles. The Morgan fingerprint density at radius 3 is 2.56 bits per heavy atom. The summed E-state index contributed by atoms with van der Waals surface area (Å²) in [6, 6.07) is 13.5. The van der Waals surface area contributed by atoms with E-state index >= 15 is 0 Å². The third-order valence-corrected chi connectivity index (χ3v) is 4.27. The zero-order chi connectivity index (χ0) is 19.6. The molecule has 136 valence electrons. The van der Waals surface area contributed by atoms with Crippen LogP contribution in [0.5, 0.6) is 0 Å². The van der Waals surface area contributed by atoms with E-state index < -0.39 is 22.3 Å². The maximum atomic E-state index is 13.4. The minimum Gasteiger partial charge on any atom is -0.332 e. The molecule has 3 aromatic rings. The Morgan fingerprint density at radius 1 is 1.11 bits per heavy atom. The van der Waals surface area contributed by atoms with Gasteiger partial charge in [-0.2, -0.15) is 4.39 Å². The average molecular weight is 404 g/mol. The highest BCUT2D eigenvalue weighted by atomic mass is 35.5. The summed E-state index contributed by atoms with van der Waals surface area (Å²) in [4.78, 5) is 22.5. The predicted molar refractivity (Wildman–Crippen MR) is 106 cm³/mol.